The third-order valence-electron chi connectivity index (χ3n) is 4.63. The van der Waals surface area contributed by atoms with E-state index >= 15 is 0 Å². The summed E-state index contributed by atoms with van der Waals surface area (Å²) in [6.07, 6.45) is 4.48. The molecule has 0 unspecified atom stereocenters. The van der Waals surface area contributed by atoms with E-state index < -0.39 is 0 Å². The lowest BCUT2D eigenvalue weighted by molar-refractivity contribution is 0.436. The van der Waals surface area contributed by atoms with Crippen molar-refractivity contribution in [1.82, 2.24) is 10.3 Å². The summed E-state index contributed by atoms with van der Waals surface area (Å²) in [6.45, 7) is 6.08. The van der Waals surface area contributed by atoms with E-state index in [1.54, 1.807) is 0 Å². The van der Waals surface area contributed by atoms with Crippen LogP contribution in [0.5, 0.6) is 0 Å². The molecule has 2 aromatic rings. The SMILES string of the molecule is CC1CCN(c2ccc(CNCc3cccc(C#N)c3)cn2)CC1. The van der Waals surface area contributed by atoms with Crippen molar-refractivity contribution in [3.8, 4) is 6.07 Å². The molecule has 2 heterocycles. The second-order valence-corrected chi connectivity index (χ2v) is 6.61. The molecule has 1 aromatic carbocycles. The normalized spacial score (nSPS) is 15.2. The molecule has 0 bridgehead atoms. The molecule has 0 saturated carbocycles. The van der Waals surface area contributed by atoms with Crippen molar-refractivity contribution < 1.29 is 0 Å². The average molecular weight is 320 g/mol. The van der Waals surface area contributed by atoms with Crippen LogP contribution in [0.25, 0.3) is 0 Å². The molecule has 0 aliphatic carbocycles. The molecule has 1 N–H and O–H groups in total. The first-order valence-electron chi connectivity index (χ1n) is 8.64. The Labute approximate surface area is 144 Å². The van der Waals surface area contributed by atoms with E-state index in [1.807, 2.05) is 30.5 Å². The molecule has 1 fully saturated rings. The van der Waals surface area contributed by atoms with Crippen molar-refractivity contribution >= 4 is 5.82 Å². The Hall–Kier alpha value is -2.38. The first kappa shape index (κ1) is 16.5. The summed E-state index contributed by atoms with van der Waals surface area (Å²) in [6, 6.07) is 14.2. The smallest absolute Gasteiger partial charge is 0.128 e. The zero-order valence-electron chi connectivity index (χ0n) is 14.2. The fourth-order valence-electron chi connectivity index (χ4n) is 3.05. The minimum absolute atomic E-state index is 0.705. The van der Waals surface area contributed by atoms with Gasteiger partial charge in [0, 0.05) is 32.4 Å². The van der Waals surface area contributed by atoms with E-state index in [0.717, 1.165) is 43.5 Å². The van der Waals surface area contributed by atoms with Gasteiger partial charge in [0.15, 0.2) is 0 Å². The summed E-state index contributed by atoms with van der Waals surface area (Å²) in [4.78, 5) is 7.00. The van der Waals surface area contributed by atoms with E-state index in [4.69, 9.17) is 5.26 Å². The molecule has 1 aliphatic rings. The predicted molar refractivity (Wildman–Crippen MR) is 96.5 cm³/mol. The number of pyridine rings is 1. The summed E-state index contributed by atoms with van der Waals surface area (Å²) in [7, 11) is 0. The van der Waals surface area contributed by atoms with Crippen molar-refractivity contribution in [3.05, 3.63) is 59.3 Å². The number of nitriles is 1. The molecule has 1 aliphatic heterocycles. The monoisotopic (exact) mass is 320 g/mol. The van der Waals surface area contributed by atoms with Crippen molar-refractivity contribution in [2.45, 2.75) is 32.9 Å². The van der Waals surface area contributed by atoms with Crippen LogP contribution in [0.3, 0.4) is 0 Å². The van der Waals surface area contributed by atoms with E-state index in [2.05, 4.69) is 40.3 Å². The molecular formula is C20H24N4. The van der Waals surface area contributed by atoms with Crippen LogP contribution in [-0.2, 0) is 13.1 Å². The van der Waals surface area contributed by atoms with Gasteiger partial charge in [-0.15, -0.1) is 0 Å². The number of piperidine rings is 1. The minimum atomic E-state index is 0.705. The van der Waals surface area contributed by atoms with Gasteiger partial charge in [-0.2, -0.15) is 5.26 Å². The summed E-state index contributed by atoms with van der Waals surface area (Å²) in [5.41, 5.74) is 3.01. The predicted octanol–water partition coefficient (Wildman–Crippen LogP) is 3.48. The second-order valence-electron chi connectivity index (χ2n) is 6.61. The highest BCUT2D eigenvalue weighted by Crippen LogP contribution is 2.21. The standard InChI is InChI=1S/C20H24N4/c1-16-7-9-24(10-8-16)20-6-5-19(15-23-20)14-22-13-18-4-2-3-17(11-18)12-21/h2-6,11,15-16,22H,7-10,13-14H2,1H3. The Morgan fingerprint density at radius 2 is 1.96 bits per heavy atom. The second kappa shape index (κ2) is 7.94. The van der Waals surface area contributed by atoms with Crippen LogP contribution < -0.4 is 10.2 Å². The minimum Gasteiger partial charge on any atom is -0.357 e. The molecule has 1 saturated heterocycles. The van der Waals surface area contributed by atoms with Gasteiger partial charge in [0.1, 0.15) is 5.82 Å². The van der Waals surface area contributed by atoms with Crippen LogP contribution in [0.15, 0.2) is 42.6 Å². The van der Waals surface area contributed by atoms with Crippen LogP contribution in [0.1, 0.15) is 36.5 Å². The van der Waals surface area contributed by atoms with Gasteiger partial charge in [-0.05, 0) is 48.1 Å². The highest BCUT2D eigenvalue weighted by molar-refractivity contribution is 5.39. The van der Waals surface area contributed by atoms with E-state index in [1.165, 1.54) is 18.4 Å². The Morgan fingerprint density at radius 3 is 2.67 bits per heavy atom. The number of hydrogen-bond acceptors (Lipinski definition) is 4. The quantitative estimate of drug-likeness (QED) is 0.916. The maximum absolute atomic E-state index is 8.93. The third kappa shape index (κ3) is 4.33. The summed E-state index contributed by atoms with van der Waals surface area (Å²) >= 11 is 0. The van der Waals surface area contributed by atoms with Gasteiger partial charge in [0.25, 0.3) is 0 Å². The van der Waals surface area contributed by atoms with Crippen LogP contribution >= 0.6 is 0 Å². The number of aromatic nitrogens is 1. The highest BCUT2D eigenvalue weighted by atomic mass is 15.2. The summed E-state index contributed by atoms with van der Waals surface area (Å²) < 4.78 is 0. The molecule has 0 amide bonds. The molecule has 0 spiro atoms. The Balaban J connectivity index is 1.50. The Morgan fingerprint density at radius 1 is 1.17 bits per heavy atom. The molecule has 4 heteroatoms. The van der Waals surface area contributed by atoms with Crippen molar-refractivity contribution in [1.29, 1.82) is 5.26 Å². The van der Waals surface area contributed by atoms with Crippen molar-refractivity contribution in [2.75, 3.05) is 18.0 Å². The van der Waals surface area contributed by atoms with Gasteiger partial charge in [-0.1, -0.05) is 25.1 Å². The maximum Gasteiger partial charge on any atom is 0.128 e. The van der Waals surface area contributed by atoms with Crippen LogP contribution in [0, 0.1) is 17.2 Å². The molecule has 124 valence electrons. The molecule has 3 rings (SSSR count). The topological polar surface area (TPSA) is 52.0 Å². The number of nitrogens with zero attached hydrogens (tertiary/aromatic N) is 3. The first-order chi connectivity index (χ1) is 11.7. The molecule has 4 nitrogen and oxygen atoms in total. The fourth-order valence-corrected chi connectivity index (χ4v) is 3.05. The van der Waals surface area contributed by atoms with Gasteiger partial charge in [-0.3, -0.25) is 0 Å². The Kier molecular flexibility index (Phi) is 5.45. The van der Waals surface area contributed by atoms with E-state index in [-0.39, 0.29) is 0 Å². The molecule has 0 radical (unpaired) electrons. The van der Waals surface area contributed by atoms with Crippen LogP contribution in [-0.4, -0.2) is 18.1 Å². The van der Waals surface area contributed by atoms with Gasteiger partial charge in [0.05, 0.1) is 11.6 Å². The fraction of sp³-hybridized carbons (Fsp3) is 0.400. The third-order valence-corrected chi connectivity index (χ3v) is 4.63. The summed E-state index contributed by atoms with van der Waals surface area (Å²) in [5.74, 6) is 1.93. The highest BCUT2D eigenvalue weighted by Gasteiger charge is 2.16. The molecule has 1 aromatic heterocycles. The Bertz CT molecular complexity index is 694. The zero-order valence-corrected chi connectivity index (χ0v) is 14.2. The number of benzene rings is 1. The number of rotatable bonds is 5. The van der Waals surface area contributed by atoms with Crippen molar-refractivity contribution in [3.63, 3.8) is 0 Å². The van der Waals surface area contributed by atoms with Crippen LogP contribution in [0.4, 0.5) is 5.82 Å². The van der Waals surface area contributed by atoms with Gasteiger partial charge >= 0.3 is 0 Å². The molecular weight excluding hydrogens is 296 g/mol. The lowest BCUT2D eigenvalue weighted by Gasteiger charge is -2.31. The van der Waals surface area contributed by atoms with Gasteiger partial charge < -0.3 is 10.2 Å². The van der Waals surface area contributed by atoms with E-state index in [0.29, 0.717) is 5.56 Å². The largest absolute Gasteiger partial charge is 0.357 e. The van der Waals surface area contributed by atoms with Gasteiger partial charge in [-0.25, -0.2) is 4.98 Å². The first-order valence-corrected chi connectivity index (χ1v) is 8.64. The number of nitrogens with one attached hydrogen (secondary N) is 1. The van der Waals surface area contributed by atoms with E-state index in [9.17, 15) is 0 Å². The number of hydrogen-bond donors (Lipinski definition) is 1. The number of anilines is 1. The zero-order chi connectivity index (χ0) is 16.8. The average Bonchev–Trinajstić information content (AvgIpc) is 2.63. The lowest BCUT2D eigenvalue weighted by Crippen LogP contribution is -2.33. The summed E-state index contributed by atoms with van der Waals surface area (Å²) in [5, 5.41) is 12.3. The van der Waals surface area contributed by atoms with Crippen LogP contribution in [0.2, 0.25) is 0 Å². The lowest BCUT2D eigenvalue weighted by atomic mass is 9.99. The van der Waals surface area contributed by atoms with Gasteiger partial charge in [0.2, 0.25) is 0 Å². The van der Waals surface area contributed by atoms with Crippen molar-refractivity contribution in [2.24, 2.45) is 5.92 Å². The molecule has 0 atom stereocenters. The maximum atomic E-state index is 8.93. The molecule has 24 heavy (non-hydrogen) atoms.